The van der Waals surface area contributed by atoms with Crippen LogP contribution in [-0.4, -0.2) is 11.7 Å². The molecule has 104 valence electrons. The second-order valence-corrected chi connectivity index (χ2v) is 5.62. The third-order valence-corrected chi connectivity index (χ3v) is 4.34. The molecule has 2 aliphatic rings. The molecule has 2 aromatic rings. The van der Waals surface area contributed by atoms with Crippen molar-refractivity contribution in [3.05, 3.63) is 63.7 Å². The number of rotatable bonds is 0. The monoisotopic (exact) mass is 299 g/mol. The number of ketones is 1. The number of halogens is 1. The Hall–Kier alpha value is -2.33. The SMILES string of the molecule is Cc1cc2c(cc1Cl)C(=O)C1(NC(=O)c3ccccc31)O2. The van der Waals surface area contributed by atoms with E-state index in [9.17, 15) is 9.59 Å². The lowest BCUT2D eigenvalue weighted by Crippen LogP contribution is -2.47. The van der Waals surface area contributed by atoms with Gasteiger partial charge in [0.05, 0.1) is 5.56 Å². The normalized spacial score (nSPS) is 22.0. The van der Waals surface area contributed by atoms with Crippen LogP contribution in [0.2, 0.25) is 5.02 Å². The van der Waals surface area contributed by atoms with Gasteiger partial charge in [-0.2, -0.15) is 0 Å². The summed E-state index contributed by atoms with van der Waals surface area (Å²) in [6.45, 7) is 1.84. The molecule has 4 rings (SSSR count). The number of carbonyl (C=O) groups excluding carboxylic acids is 2. The summed E-state index contributed by atoms with van der Waals surface area (Å²) in [5.74, 6) is -0.161. The topological polar surface area (TPSA) is 55.4 Å². The fourth-order valence-electron chi connectivity index (χ4n) is 2.86. The van der Waals surface area contributed by atoms with E-state index < -0.39 is 5.72 Å². The molecule has 2 aromatic carbocycles. The minimum Gasteiger partial charge on any atom is -0.455 e. The van der Waals surface area contributed by atoms with Crippen molar-refractivity contribution >= 4 is 23.3 Å². The lowest BCUT2D eigenvalue weighted by Gasteiger charge is -2.22. The molecule has 1 atom stereocenters. The number of fused-ring (bicyclic) bond motifs is 3. The molecule has 2 aliphatic heterocycles. The number of hydrogen-bond donors (Lipinski definition) is 1. The number of ether oxygens (including phenoxy) is 1. The highest BCUT2D eigenvalue weighted by Gasteiger charge is 2.56. The number of nitrogens with one attached hydrogen (secondary N) is 1. The van der Waals surface area contributed by atoms with Crippen LogP contribution in [0.4, 0.5) is 0 Å². The van der Waals surface area contributed by atoms with E-state index in [0.717, 1.165) is 5.56 Å². The quantitative estimate of drug-likeness (QED) is 0.814. The van der Waals surface area contributed by atoms with Gasteiger partial charge in [-0.25, -0.2) is 0 Å². The van der Waals surface area contributed by atoms with Crippen LogP contribution in [0, 0.1) is 6.92 Å². The molecule has 0 saturated carbocycles. The highest BCUT2D eigenvalue weighted by molar-refractivity contribution is 6.32. The second-order valence-electron chi connectivity index (χ2n) is 5.21. The van der Waals surface area contributed by atoms with Crippen molar-refractivity contribution in [1.82, 2.24) is 5.32 Å². The second kappa shape index (κ2) is 3.86. The number of carbonyl (C=O) groups is 2. The van der Waals surface area contributed by atoms with Gasteiger partial charge in [0, 0.05) is 16.1 Å². The minimum atomic E-state index is -1.45. The summed E-state index contributed by atoms with van der Waals surface area (Å²) < 4.78 is 5.86. The summed E-state index contributed by atoms with van der Waals surface area (Å²) in [6.07, 6.45) is 0. The van der Waals surface area contributed by atoms with E-state index in [2.05, 4.69) is 5.32 Å². The molecule has 0 aliphatic carbocycles. The predicted octanol–water partition coefficient (Wildman–Crippen LogP) is 2.82. The Morgan fingerprint density at radius 3 is 2.71 bits per heavy atom. The Balaban J connectivity index is 1.94. The summed E-state index contributed by atoms with van der Waals surface area (Å²) in [6, 6.07) is 10.3. The van der Waals surface area contributed by atoms with Crippen molar-refractivity contribution in [2.45, 2.75) is 12.6 Å². The fourth-order valence-corrected chi connectivity index (χ4v) is 3.02. The molecule has 1 unspecified atom stereocenters. The molecule has 5 heteroatoms. The molecular formula is C16H10ClNO3. The van der Waals surface area contributed by atoms with Crippen molar-refractivity contribution in [2.24, 2.45) is 0 Å². The standard InChI is InChI=1S/C16H10ClNO3/c1-8-6-13-10(7-12(8)17)14(19)16(21-13)11-5-3-2-4-9(11)15(20)18-16/h2-7H,1H3,(H,18,20). The maximum Gasteiger partial charge on any atom is 0.274 e. The average Bonchev–Trinajstić information content (AvgIpc) is 2.90. The van der Waals surface area contributed by atoms with Crippen molar-refractivity contribution in [3.63, 3.8) is 0 Å². The highest BCUT2D eigenvalue weighted by atomic mass is 35.5. The molecule has 0 saturated heterocycles. The number of hydrogen-bond acceptors (Lipinski definition) is 3. The van der Waals surface area contributed by atoms with Gasteiger partial charge in [0.1, 0.15) is 5.75 Å². The number of Topliss-reactive ketones (excluding diaryl/α,β-unsaturated/α-hetero) is 1. The lowest BCUT2D eigenvalue weighted by atomic mass is 9.95. The number of aryl methyl sites for hydroxylation is 1. The van der Waals surface area contributed by atoms with Crippen molar-refractivity contribution < 1.29 is 14.3 Å². The van der Waals surface area contributed by atoms with E-state index in [1.807, 2.05) is 6.92 Å². The average molecular weight is 300 g/mol. The van der Waals surface area contributed by atoms with Crippen LogP contribution in [0.15, 0.2) is 36.4 Å². The summed E-state index contributed by atoms with van der Waals surface area (Å²) >= 11 is 6.09. The summed E-state index contributed by atoms with van der Waals surface area (Å²) in [5, 5.41) is 3.18. The van der Waals surface area contributed by atoms with Crippen molar-refractivity contribution in [1.29, 1.82) is 0 Å². The van der Waals surface area contributed by atoms with Gasteiger partial charge in [-0.15, -0.1) is 0 Å². The minimum absolute atomic E-state index is 0.294. The van der Waals surface area contributed by atoms with Crippen LogP contribution >= 0.6 is 11.6 Å². The molecule has 0 radical (unpaired) electrons. The molecule has 1 N–H and O–H groups in total. The maximum atomic E-state index is 12.8. The molecule has 1 spiro atoms. The van der Waals surface area contributed by atoms with Gasteiger partial charge in [0.25, 0.3) is 11.6 Å². The summed E-state index contributed by atoms with van der Waals surface area (Å²) in [4.78, 5) is 24.9. The van der Waals surface area contributed by atoms with Crippen molar-refractivity contribution in [2.75, 3.05) is 0 Å². The number of benzene rings is 2. The Morgan fingerprint density at radius 1 is 1.14 bits per heavy atom. The Labute approximate surface area is 125 Å². The zero-order chi connectivity index (χ0) is 14.8. The molecule has 0 fully saturated rings. The van der Waals surface area contributed by atoms with Crippen LogP contribution in [0.3, 0.4) is 0 Å². The van der Waals surface area contributed by atoms with Gasteiger partial charge < -0.3 is 10.1 Å². The first kappa shape index (κ1) is 12.4. The molecule has 0 bridgehead atoms. The Morgan fingerprint density at radius 2 is 1.90 bits per heavy atom. The van der Waals surface area contributed by atoms with E-state index in [0.29, 0.717) is 27.5 Å². The highest BCUT2D eigenvalue weighted by Crippen LogP contribution is 2.45. The lowest BCUT2D eigenvalue weighted by molar-refractivity contribution is 0.0414. The van der Waals surface area contributed by atoms with Crippen molar-refractivity contribution in [3.8, 4) is 5.75 Å². The van der Waals surface area contributed by atoms with E-state index >= 15 is 0 Å². The van der Waals surface area contributed by atoms with Gasteiger partial charge in [-0.05, 0) is 30.7 Å². The third-order valence-electron chi connectivity index (χ3n) is 3.93. The zero-order valence-corrected chi connectivity index (χ0v) is 11.8. The zero-order valence-electron chi connectivity index (χ0n) is 11.1. The van der Waals surface area contributed by atoms with E-state index in [1.54, 1.807) is 36.4 Å². The van der Waals surface area contributed by atoms with Crippen LogP contribution in [0.5, 0.6) is 5.75 Å². The maximum absolute atomic E-state index is 12.8. The van der Waals surface area contributed by atoms with Crippen LogP contribution in [0.1, 0.15) is 31.8 Å². The molecule has 0 aromatic heterocycles. The third kappa shape index (κ3) is 1.45. The first-order valence-electron chi connectivity index (χ1n) is 6.49. The molecule has 21 heavy (non-hydrogen) atoms. The predicted molar refractivity (Wildman–Crippen MR) is 76.7 cm³/mol. The van der Waals surface area contributed by atoms with E-state index in [4.69, 9.17) is 16.3 Å². The Bertz CT molecular complexity index is 830. The first-order valence-corrected chi connectivity index (χ1v) is 6.87. The van der Waals surface area contributed by atoms with Gasteiger partial charge in [-0.1, -0.05) is 29.8 Å². The van der Waals surface area contributed by atoms with E-state index in [1.165, 1.54) is 0 Å². The number of amides is 1. The summed E-state index contributed by atoms with van der Waals surface area (Å²) in [5.41, 5.74) is 0.763. The Kier molecular flexibility index (Phi) is 2.28. The molecular weight excluding hydrogens is 290 g/mol. The molecule has 1 amide bonds. The van der Waals surface area contributed by atoms with Crippen LogP contribution in [-0.2, 0) is 5.72 Å². The molecule has 2 heterocycles. The largest absolute Gasteiger partial charge is 0.455 e. The van der Waals surface area contributed by atoms with Crippen LogP contribution in [0.25, 0.3) is 0 Å². The van der Waals surface area contributed by atoms with Crippen LogP contribution < -0.4 is 10.1 Å². The van der Waals surface area contributed by atoms with Gasteiger partial charge in [0.2, 0.25) is 5.78 Å². The van der Waals surface area contributed by atoms with E-state index in [-0.39, 0.29) is 11.7 Å². The van der Waals surface area contributed by atoms with Gasteiger partial charge in [-0.3, -0.25) is 9.59 Å². The smallest absolute Gasteiger partial charge is 0.274 e. The summed E-state index contributed by atoms with van der Waals surface area (Å²) in [7, 11) is 0. The molecule has 4 nitrogen and oxygen atoms in total. The fraction of sp³-hybridized carbons (Fsp3) is 0.125. The first-order chi connectivity index (χ1) is 10.0. The van der Waals surface area contributed by atoms with Gasteiger partial charge in [0.15, 0.2) is 0 Å². The van der Waals surface area contributed by atoms with Gasteiger partial charge >= 0.3 is 0 Å².